The van der Waals surface area contributed by atoms with Crippen molar-refractivity contribution < 1.29 is 9.59 Å². The number of rotatable bonds is 5. The molecule has 7 heteroatoms. The van der Waals surface area contributed by atoms with Gasteiger partial charge in [-0.1, -0.05) is 12.1 Å². The van der Waals surface area contributed by atoms with Crippen molar-refractivity contribution in [2.75, 3.05) is 11.9 Å². The maximum atomic E-state index is 12.7. The Labute approximate surface area is 155 Å². The minimum Gasteiger partial charge on any atom is -0.352 e. The van der Waals surface area contributed by atoms with Crippen molar-refractivity contribution in [1.29, 1.82) is 0 Å². The van der Waals surface area contributed by atoms with E-state index in [0.717, 1.165) is 16.1 Å². The number of thiophene rings is 1. The van der Waals surface area contributed by atoms with Gasteiger partial charge < -0.3 is 10.6 Å². The number of hydrogen-bond acceptors (Lipinski definition) is 4. The minimum absolute atomic E-state index is 0.151. The minimum atomic E-state index is -0.265. The molecule has 3 rings (SSSR count). The van der Waals surface area contributed by atoms with Crippen molar-refractivity contribution in [3.8, 4) is 10.6 Å². The highest BCUT2D eigenvalue weighted by Crippen LogP contribution is 2.25. The van der Waals surface area contributed by atoms with Crippen molar-refractivity contribution >= 4 is 28.8 Å². The third-order valence-electron chi connectivity index (χ3n) is 4.05. The van der Waals surface area contributed by atoms with E-state index in [9.17, 15) is 9.59 Å². The third-order valence-corrected chi connectivity index (χ3v) is 4.94. The lowest BCUT2D eigenvalue weighted by atomic mass is 10.1. The molecule has 2 N–H and O–H groups in total. The number of carbonyl (C=O) groups is 2. The molecule has 26 heavy (non-hydrogen) atoms. The number of aromatic nitrogens is 2. The van der Waals surface area contributed by atoms with Crippen molar-refractivity contribution in [3.05, 3.63) is 58.6 Å². The Morgan fingerprint density at radius 2 is 2.00 bits per heavy atom. The molecule has 0 saturated carbocycles. The van der Waals surface area contributed by atoms with Crippen LogP contribution in [0.25, 0.3) is 10.6 Å². The molecule has 3 aromatic rings. The van der Waals surface area contributed by atoms with Gasteiger partial charge in [0.2, 0.25) is 0 Å². The second kappa shape index (κ2) is 7.53. The largest absolute Gasteiger partial charge is 0.352 e. The van der Waals surface area contributed by atoms with E-state index in [2.05, 4.69) is 15.7 Å². The maximum Gasteiger partial charge on any atom is 0.273 e. The normalized spacial score (nSPS) is 10.6. The lowest BCUT2D eigenvalue weighted by molar-refractivity contribution is 0.0953. The zero-order chi connectivity index (χ0) is 18.7. The van der Waals surface area contributed by atoms with Crippen molar-refractivity contribution in [1.82, 2.24) is 15.1 Å². The predicted molar refractivity (Wildman–Crippen MR) is 104 cm³/mol. The molecule has 2 amide bonds. The van der Waals surface area contributed by atoms with Crippen LogP contribution < -0.4 is 10.6 Å². The highest BCUT2D eigenvalue weighted by atomic mass is 32.1. The summed E-state index contributed by atoms with van der Waals surface area (Å²) in [7, 11) is 1.74. The second-order valence-electron chi connectivity index (χ2n) is 5.81. The molecule has 134 valence electrons. The molecular formula is C19H20N4O2S. The highest BCUT2D eigenvalue weighted by molar-refractivity contribution is 7.13. The molecule has 0 aliphatic carbocycles. The van der Waals surface area contributed by atoms with Gasteiger partial charge in [0.15, 0.2) is 0 Å². The molecule has 0 radical (unpaired) electrons. The summed E-state index contributed by atoms with van der Waals surface area (Å²) >= 11 is 1.57. The first-order valence-electron chi connectivity index (χ1n) is 8.28. The molecule has 0 aliphatic heterocycles. The van der Waals surface area contributed by atoms with Gasteiger partial charge in [0, 0.05) is 24.8 Å². The molecule has 0 atom stereocenters. The Morgan fingerprint density at radius 1 is 1.19 bits per heavy atom. The Bertz CT molecular complexity index is 945. The van der Waals surface area contributed by atoms with Crippen LogP contribution in [-0.2, 0) is 7.05 Å². The first-order valence-corrected chi connectivity index (χ1v) is 9.16. The van der Waals surface area contributed by atoms with Gasteiger partial charge in [-0.05, 0) is 49.1 Å². The summed E-state index contributed by atoms with van der Waals surface area (Å²) in [6, 6.07) is 11.0. The fraction of sp³-hybridized carbons (Fsp3) is 0.211. The van der Waals surface area contributed by atoms with Gasteiger partial charge in [-0.25, -0.2) is 0 Å². The van der Waals surface area contributed by atoms with E-state index in [0.29, 0.717) is 23.5 Å². The lowest BCUT2D eigenvalue weighted by Crippen LogP contribution is -2.24. The predicted octanol–water partition coefficient (Wildman–Crippen LogP) is 3.46. The maximum absolute atomic E-state index is 12.7. The van der Waals surface area contributed by atoms with Crippen LogP contribution in [-0.4, -0.2) is 28.1 Å². The van der Waals surface area contributed by atoms with E-state index >= 15 is 0 Å². The lowest BCUT2D eigenvalue weighted by Gasteiger charge is -2.12. The van der Waals surface area contributed by atoms with E-state index in [4.69, 9.17) is 0 Å². The van der Waals surface area contributed by atoms with Crippen LogP contribution in [0.15, 0.2) is 41.8 Å². The molecule has 0 bridgehead atoms. The number of hydrogen-bond donors (Lipinski definition) is 2. The van der Waals surface area contributed by atoms with E-state index in [1.807, 2.05) is 31.4 Å². The fourth-order valence-corrected chi connectivity index (χ4v) is 3.37. The van der Waals surface area contributed by atoms with Crippen LogP contribution in [0.4, 0.5) is 5.69 Å². The number of nitrogens with zero attached hydrogens (tertiary/aromatic N) is 2. The Hall–Kier alpha value is -2.93. The molecule has 0 unspecified atom stereocenters. The van der Waals surface area contributed by atoms with Crippen LogP contribution in [0.1, 0.15) is 33.3 Å². The van der Waals surface area contributed by atoms with E-state index < -0.39 is 0 Å². The van der Waals surface area contributed by atoms with E-state index in [1.165, 1.54) is 0 Å². The number of aryl methyl sites for hydroxylation is 1. The SMILES string of the molecule is CCNC(=O)c1cccc(NC(=O)c2cc(-c3cccs3)nn2C)c1C. The van der Waals surface area contributed by atoms with Crippen LogP contribution in [0.5, 0.6) is 0 Å². The topological polar surface area (TPSA) is 76.0 Å². The van der Waals surface area contributed by atoms with Gasteiger partial charge in [0.05, 0.1) is 4.88 Å². The molecule has 2 heterocycles. The van der Waals surface area contributed by atoms with Crippen LogP contribution in [0.2, 0.25) is 0 Å². The van der Waals surface area contributed by atoms with E-state index in [-0.39, 0.29) is 11.8 Å². The van der Waals surface area contributed by atoms with Gasteiger partial charge in [0.25, 0.3) is 11.8 Å². The van der Waals surface area contributed by atoms with Gasteiger partial charge in [-0.2, -0.15) is 5.10 Å². The quantitative estimate of drug-likeness (QED) is 0.724. The molecule has 1 aromatic carbocycles. The number of benzene rings is 1. The summed E-state index contributed by atoms with van der Waals surface area (Å²) in [6.07, 6.45) is 0. The van der Waals surface area contributed by atoms with Gasteiger partial charge in [0.1, 0.15) is 11.4 Å². The first kappa shape index (κ1) is 17.9. The summed E-state index contributed by atoms with van der Waals surface area (Å²) < 4.78 is 1.56. The summed E-state index contributed by atoms with van der Waals surface area (Å²) in [4.78, 5) is 25.8. The monoisotopic (exact) mass is 368 g/mol. The van der Waals surface area contributed by atoms with Crippen LogP contribution in [0, 0.1) is 6.92 Å². The zero-order valence-electron chi connectivity index (χ0n) is 14.9. The average Bonchev–Trinajstić information content (AvgIpc) is 3.26. The van der Waals surface area contributed by atoms with E-state index in [1.54, 1.807) is 47.3 Å². The fourth-order valence-electron chi connectivity index (χ4n) is 2.68. The first-order chi connectivity index (χ1) is 12.5. The number of amides is 2. The number of anilines is 1. The highest BCUT2D eigenvalue weighted by Gasteiger charge is 2.17. The average molecular weight is 368 g/mol. The zero-order valence-corrected chi connectivity index (χ0v) is 15.7. The summed E-state index contributed by atoms with van der Waals surface area (Å²) in [5, 5.41) is 12.0. The van der Waals surface area contributed by atoms with Crippen LogP contribution >= 0.6 is 11.3 Å². The smallest absolute Gasteiger partial charge is 0.273 e. The second-order valence-corrected chi connectivity index (χ2v) is 6.76. The van der Waals surface area contributed by atoms with Gasteiger partial charge in [-0.15, -0.1) is 11.3 Å². The molecule has 0 saturated heterocycles. The summed E-state index contributed by atoms with van der Waals surface area (Å²) in [5.41, 5.74) is 3.11. The summed E-state index contributed by atoms with van der Waals surface area (Å²) in [5.74, 6) is -0.416. The Morgan fingerprint density at radius 3 is 2.69 bits per heavy atom. The third kappa shape index (κ3) is 3.52. The molecular weight excluding hydrogens is 348 g/mol. The van der Waals surface area contributed by atoms with Crippen molar-refractivity contribution in [2.45, 2.75) is 13.8 Å². The summed E-state index contributed by atoms with van der Waals surface area (Å²) in [6.45, 7) is 4.24. The molecule has 0 fully saturated rings. The molecule has 0 aliphatic rings. The number of nitrogens with one attached hydrogen (secondary N) is 2. The Balaban J connectivity index is 1.85. The van der Waals surface area contributed by atoms with Gasteiger partial charge in [-0.3, -0.25) is 14.3 Å². The molecule has 6 nitrogen and oxygen atoms in total. The van der Waals surface area contributed by atoms with Crippen molar-refractivity contribution in [3.63, 3.8) is 0 Å². The standard InChI is InChI=1S/C19H20N4O2S/c1-4-20-18(24)13-7-5-8-14(12(13)2)21-19(25)16-11-15(22-23(16)3)17-9-6-10-26-17/h5-11H,4H2,1-3H3,(H,20,24)(H,21,25). The Kier molecular flexibility index (Phi) is 5.18. The number of carbonyl (C=O) groups excluding carboxylic acids is 2. The van der Waals surface area contributed by atoms with Crippen molar-refractivity contribution in [2.24, 2.45) is 7.05 Å². The molecule has 0 spiro atoms. The molecule has 2 aromatic heterocycles. The van der Waals surface area contributed by atoms with Crippen LogP contribution in [0.3, 0.4) is 0 Å². The van der Waals surface area contributed by atoms with Gasteiger partial charge >= 0.3 is 0 Å².